The zero-order chi connectivity index (χ0) is 13.0. The molecule has 2 rings (SSSR count). The lowest BCUT2D eigenvalue weighted by Gasteiger charge is -2.28. The zero-order valence-corrected chi connectivity index (χ0v) is 10.8. The van der Waals surface area contributed by atoms with E-state index >= 15 is 0 Å². The first kappa shape index (κ1) is 13.1. The molecule has 0 atom stereocenters. The van der Waals surface area contributed by atoms with Gasteiger partial charge in [0.2, 0.25) is 0 Å². The van der Waals surface area contributed by atoms with E-state index in [1.165, 1.54) is 43.5 Å². The molecule has 0 aliphatic heterocycles. The van der Waals surface area contributed by atoms with E-state index in [-0.39, 0.29) is 17.8 Å². The molecular weight excluding hydrogens is 229 g/mol. The van der Waals surface area contributed by atoms with Gasteiger partial charge in [-0.15, -0.1) is 0 Å². The molecule has 1 aromatic carbocycles. The summed E-state index contributed by atoms with van der Waals surface area (Å²) in [5.74, 6) is 0.425. The molecule has 1 fully saturated rings. The van der Waals surface area contributed by atoms with Crippen molar-refractivity contribution in [2.75, 3.05) is 0 Å². The quantitative estimate of drug-likeness (QED) is 0.872. The molecule has 1 amide bonds. The van der Waals surface area contributed by atoms with E-state index in [2.05, 4.69) is 12.2 Å². The number of nitrogens with one attached hydrogen (secondary N) is 1. The van der Waals surface area contributed by atoms with Gasteiger partial charge in [0, 0.05) is 11.6 Å². The molecule has 0 unspecified atom stereocenters. The van der Waals surface area contributed by atoms with E-state index in [9.17, 15) is 9.18 Å². The smallest absolute Gasteiger partial charge is 0.251 e. The largest absolute Gasteiger partial charge is 0.349 e. The minimum atomic E-state index is -0.310. The van der Waals surface area contributed by atoms with Crippen molar-refractivity contribution in [2.24, 2.45) is 5.92 Å². The second-order valence-electron chi connectivity index (χ2n) is 5.11. The first-order valence-corrected chi connectivity index (χ1v) is 6.75. The molecule has 0 aromatic heterocycles. The standard InChI is InChI=1S/C15H20FNO/c1-2-11-3-9-14(10-4-11)17-15(18)12-5-7-13(16)8-6-12/h5-8,11,14H,2-4,9-10H2,1H3,(H,17,18). The van der Waals surface area contributed by atoms with Crippen molar-refractivity contribution in [3.05, 3.63) is 35.6 Å². The van der Waals surface area contributed by atoms with Crippen molar-refractivity contribution in [2.45, 2.75) is 45.1 Å². The van der Waals surface area contributed by atoms with Crippen LogP contribution in [0.5, 0.6) is 0 Å². The summed E-state index contributed by atoms with van der Waals surface area (Å²) in [6.07, 6.45) is 5.76. The van der Waals surface area contributed by atoms with Crippen LogP contribution < -0.4 is 5.32 Å². The third-order valence-electron chi connectivity index (χ3n) is 3.87. The zero-order valence-electron chi connectivity index (χ0n) is 10.8. The molecule has 0 bridgehead atoms. The van der Waals surface area contributed by atoms with Crippen LogP contribution in [0.2, 0.25) is 0 Å². The lowest BCUT2D eigenvalue weighted by atomic mass is 9.84. The van der Waals surface area contributed by atoms with Gasteiger partial charge in [-0.1, -0.05) is 13.3 Å². The fourth-order valence-electron chi connectivity index (χ4n) is 2.59. The molecule has 2 nitrogen and oxygen atoms in total. The van der Waals surface area contributed by atoms with Crippen LogP contribution in [-0.4, -0.2) is 11.9 Å². The van der Waals surface area contributed by atoms with Gasteiger partial charge < -0.3 is 5.32 Å². The van der Waals surface area contributed by atoms with Crippen molar-refractivity contribution >= 4 is 5.91 Å². The highest BCUT2D eigenvalue weighted by Gasteiger charge is 2.21. The van der Waals surface area contributed by atoms with E-state index in [0.29, 0.717) is 5.56 Å². The molecule has 0 spiro atoms. The summed E-state index contributed by atoms with van der Waals surface area (Å²) in [5, 5.41) is 3.04. The van der Waals surface area contributed by atoms with Crippen molar-refractivity contribution < 1.29 is 9.18 Å². The fraction of sp³-hybridized carbons (Fsp3) is 0.533. The molecule has 1 aliphatic carbocycles. The summed E-state index contributed by atoms with van der Waals surface area (Å²) in [6, 6.07) is 5.99. The summed E-state index contributed by atoms with van der Waals surface area (Å²) in [6.45, 7) is 2.22. The Bertz CT molecular complexity index is 393. The van der Waals surface area contributed by atoms with Crippen LogP contribution in [0.1, 0.15) is 49.4 Å². The van der Waals surface area contributed by atoms with E-state index < -0.39 is 0 Å². The highest BCUT2D eigenvalue weighted by atomic mass is 19.1. The SMILES string of the molecule is CCC1CCC(NC(=O)c2ccc(F)cc2)CC1. The van der Waals surface area contributed by atoms with Crippen molar-refractivity contribution in [3.8, 4) is 0 Å². The Morgan fingerprint density at radius 3 is 2.39 bits per heavy atom. The molecule has 1 N–H and O–H groups in total. The Kier molecular flexibility index (Phi) is 4.34. The summed E-state index contributed by atoms with van der Waals surface area (Å²) in [7, 11) is 0. The lowest BCUT2D eigenvalue weighted by molar-refractivity contribution is 0.0921. The second-order valence-corrected chi connectivity index (χ2v) is 5.11. The molecule has 1 aliphatic rings. The van der Waals surface area contributed by atoms with Gasteiger partial charge in [0.05, 0.1) is 0 Å². The first-order chi connectivity index (χ1) is 8.69. The maximum atomic E-state index is 12.8. The molecule has 98 valence electrons. The van der Waals surface area contributed by atoms with Crippen LogP contribution in [0.4, 0.5) is 4.39 Å². The highest BCUT2D eigenvalue weighted by Crippen LogP contribution is 2.26. The molecule has 3 heteroatoms. The number of benzene rings is 1. The molecule has 0 saturated heterocycles. The Balaban J connectivity index is 1.86. The number of amides is 1. The number of hydrogen-bond donors (Lipinski definition) is 1. The highest BCUT2D eigenvalue weighted by molar-refractivity contribution is 5.94. The molecule has 0 heterocycles. The molecule has 18 heavy (non-hydrogen) atoms. The number of rotatable bonds is 3. The predicted octanol–water partition coefficient (Wildman–Crippen LogP) is 3.52. The molecule has 1 saturated carbocycles. The van der Waals surface area contributed by atoms with E-state index in [1.54, 1.807) is 0 Å². The Hall–Kier alpha value is -1.38. The lowest BCUT2D eigenvalue weighted by Crippen LogP contribution is -2.37. The molecule has 1 aromatic rings. The van der Waals surface area contributed by atoms with Gasteiger partial charge in [0.15, 0.2) is 0 Å². The minimum absolute atomic E-state index is 0.0880. The fourth-order valence-corrected chi connectivity index (χ4v) is 2.59. The van der Waals surface area contributed by atoms with Crippen LogP contribution in [-0.2, 0) is 0 Å². The average Bonchev–Trinajstić information content (AvgIpc) is 2.40. The summed E-state index contributed by atoms with van der Waals surface area (Å²) in [4.78, 5) is 11.9. The van der Waals surface area contributed by atoms with Crippen LogP contribution >= 0.6 is 0 Å². The van der Waals surface area contributed by atoms with Gasteiger partial charge in [0.1, 0.15) is 5.82 Å². The number of halogens is 1. The van der Waals surface area contributed by atoms with Gasteiger partial charge in [-0.3, -0.25) is 4.79 Å². The Morgan fingerprint density at radius 1 is 1.22 bits per heavy atom. The van der Waals surface area contributed by atoms with Crippen LogP contribution in [0, 0.1) is 11.7 Å². The summed E-state index contributed by atoms with van der Waals surface area (Å²) < 4.78 is 12.8. The van der Waals surface area contributed by atoms with Gasteiger partial charge >= 0.3 is 0 Å². The van der Waals surface area contributed by atoms with E-state index in [0.717, 1.165) is 18.8 Å². The third-order valence-corrected chi connectivity index (χ3v) is 3.87. The monoisotopic (exact) mass is 249 g/mol. The predicted molar refractivity (Wildman–Crippen MR) is 69.9 cm³/mol. The van der Waals surface area contributed by atoms with Crippen LogP contribution in [0.15, 0.2) is 24.3 Å². The van der Waals surface area contributed by atoms with Crippen molar-refractivity contribution in [3.63, 3.8) is 0 Å². The van der Waals surface area contributed by atoms with Gasteiger partial charge in [-0.25, -0.2) is 4.39 Å². The maximum absolute atomic E-state index is 12.8. The summed E-state index contributed by atoms with van der Waals surface area (Å²) >= 11 is 0. The minimum Gasteiger partial charge on any atom is -0.349 e. The van der Waals surface area contributed by atoms with Crippen molar-refractivity contribution in [1.82, 2.24) is 5.32 Å². The van der Waals surface area contributed by atoms with Gasteiger partial charge in [0.25, 0.3) is 5.91 Å². The number of hydrogen-bond acceptors (Lipinski definition) is 1. The second kappa shape index (κ2) is 5.98. The van der Waals surface area contributed by atoms with Gasteiger partial charge in [-0.2, -0.15) is 0 Å². The Labute approximate surface area is 108 Å². The van der Waals surface area contributed by atoms with Crippen molar-refractivity contribution in [1.29, 1.82) is 0 Å². The Morgan fingerprint density at radius 2 is 1.83 bits per heavy atom. The number of carbonyl (C=O) groups excluding carboxylic acids is 1. The maximum Gasteiger partial charge on any atom is 0.251 e. The van der Waals surface area contributed by atoms with Gasteiger partial charge in [-0.05, 0) is 55.9 Å². The molecular formula is C15H20FNO. The first-order valence-electron chi connectivity index (χ1n) is 6.75. The number of carbonyl (C=O) groups is 1. The van der Waals surface area contributed by atoms with E-state index in [4.69, 9.17) is 0 Å². The average molecular weight is 249 g/mol. The molecule has 0 radical (unpaired) electrons. The summed E-state index contributed by atoms with van der Waals surface area (Å²) in [5.41, 5.74) is 0.536. The topological polar surface area (TPSA) is 29.1 Å². The normalized spacial score (nSPS) is 23.7. The van der Waals surface area contributed by atoms with E-state index in [1.807, 2.05) is 0 Å². The third kappa shape index (κ3) is 3.31. The van der Waals surface area contributed by atoms with Crippen LogP contribution in [0.3, 0.4) is 0 Å². The van der Waals surface area contributed by atoms with Crippen LogP contribution in [0.25, 0.3) is 0 Å².